The first kappa shape index (κ1) is 19.4. The molecule has 0 aromatic heterocycles. The van der Waals surface area contributed by atoms with Crippen molar-refractivity contribution in [2.24, 2.45) is 10.1 Å². The Morgan fingerprint density at radius 1 is 1.32 bits per heavy atom. The lowest BCUT2D eigenvalue weighted by molar-refractivity contribution is -0.123. The van der Waals surface area contributed by atoms with E-state index in [4.69, 9.17) is 16.3 Å². The van der Waals surface area contributed by atoms with Crippen molar-refractivity contribution in [3.05, 3.63) is 59.1 Å². The Balaban J connectivity index is 1.58. The minimum absolute atomic E-state index is 0.130. The zero-order chi connectivity index (χ0) is 19.9. The molecule has 0 saturated carbocycles. The van der Waals surface area contributed by atoms with Crippen molar-refractivity contribution in [3.8, 4) is 5.75 Å². The number of methoxy groups -OCH3 is 1. The summed E-state index contributed by atoms with van der Waals surface area (Å²) in [4.78, 5) is 28.5. The van der Waals surface area contributed by atoms with E-state index in [0.29, 0.717) is 16.5 Å². The summed E-state index contributed by atoms with van der Waals surface area (Å²) >= 11 is 5.95. The van der Waals surface area contributed by atoms with Crippen molar-refractivity contribution in [1.82, 2.24) is 10.7 Å². The molecule has 2 amide bonds. The molecule has 0 spiro atoms. The van der Waals surface area contributed by atoms with Crippen LogP contribution in [0.5, 0.6) is 5.75 Å². The third kappa shape index (κ3) is 5.08. The first-order valence-corrected chi connectivity index (χ1v) is 8.79. The first-order chi connectivity index (χ1) is 13.5. The van der Waals surface area contributed by atoms with Gasteiger partial charge >= 0.3 is 0 Å². The van der Waals surface area contributed by atoms with Crippen molar-refractivity contribution in [2.45, 2.75) is 12.5 Å². The van der Waals surface area contributed by atoms with Gasteiger partial charge < -0.3 is 10.1 Å². The predicted octanol–water partition coefficient (Wildman–Crippen LogP) is 2.16. The molecule has 0 radical (unpaired) electrons. The van der Waals surface area contributed by atoms with Crippen LogP contribution in [-0.4, -0.2) is 37.1 Å². The van der Waals surface area contributed by atoms with Gasteiger partial charge in [0.15, 0.2) is 0 Å². The lowest BCUT2D eigenvalue weighted by Gasteiger charge is -2.11. The highest BCUT2D eigenvalue weighted by atomic mass is 35.5. The summed E-state index contributed by atoms with van der Waals surface area (Å²) < 4.78 is 5.18. The van der Waals surface area contributed by atoms with E-state index in [1.807, 2.05) is 30.3 Å². The molecular weight excluding hydrogens is 382 g/mol. The molecule has 8 nitrogen and oxygen atoms in total. The summed E-state index contributed by atoms with van der Waals surface area (Å²) in [7, 11) is 1.49. The van der Waals surface area contributed by atoms with Gasteiger partial charge in [-0.15, -0.1) is 0 Å². The van der Waals surface area contributed by atoms with E-state index < -0.39 is 11.9 Å². The van der Waals surface area contributed by atoms with Gasteiger partial charge in [0.05, 0.1) is 25.4 Å². The van der Waals surface area contributed by atoms with Crippen LogP contribution in [0.2, 0.25) is 5.02 Å². The van der Waals surface area contributed by atoms with Crippen LogP contribution in [0.3, 0.4) is 0 Å². The van der Waals surface area contributed by atoms with Crippen LogP contribution in [0, 0.1) is 0 Å². The molecule has 0 aliphatic carbocycles. The van der Waals surface area contributed by atoms with Crippen LogP contribution in [-0.2, 0) is 9.59 Å². The number of hydrogen-bond donors (Lipinski definition) is 3. The predicted molar refractivity (Wildman–Crippen MR) is 108 cm³/mol. The summed E-state index contributed by atoms with van der Waals surface area (Å²) in [5.74, 6) is -0.117. The number of ether oxygens (including phenoxy) is 1. The number of anilines is 1. The van der Waals surface area contributed by atoms with Crippen molar-refractivity contribution >= 4 is 41.3 Å². The standard InChI is InChI=1S/C19H18ClN5O3/c1-28-16-8-7-13(20)9-14(16)22-17(26)10-15-18(27)24-19(23-15)25-21-11-12-5-3-2-4-6-12/h2-9,11,15H,10H2,1H3,(H,22,26)(H2,23,24,25,27)/b21-11-. The average Bonchev–Trinajstić information content (AvgIpc) is 3.02. The molecule has 3 rings (SSSR count). The highest BCUT2D eigenvalue weighted by Gasteiger charge is 2.28. The van der Waals surface area contributed by atoms with Gasteiger partial charge in [-0.3, -0.25) is 14.9 Å². The third-order valence-electron chi connectivity index (χ3n) is 3.83. The molecule has 0 saturated heterocycles. The van der Waals surface area contributed by atoms with Crippen molar-refractivity contribution in [3.63, 3.8) is 0 Å². The van der Waals surface area contributed by atoms with Gasteiger partial charge in [0, 0.05) is 5.02 Å². The van der Waals surface area contributed by atoms with Gasteiger partial charge in [-0.05, 0) is 23.8 Å². The quantitative estimate of drug-likeness (QED) is 0.511. The lowest BCUT2D eigenvalue weighted by Crippen LogP contribution is -2.35. The topological polar surface area (TPSA) is 104 Å². The maximum absolute atomic E-state index is 12.3. The molecular formula is C19H18ClN5O3. The average molecular weight is 400 g/mol. The van der Waals surface area contributed by atoms with Crippen LogP contribution in [0.25, 0.3) is 0 Å². The van der Waals surface area contributed by atoms with Crippen LogP contribution in [0.15, 0.2) is 58.6 Å². The van der Waals surface area contributed by atoms with Gasteiger partial charge in [0.25, 0.3) is 5.91 Å². The number of carbonyl (C=O) groups excluding carboxylic acids is 2. The fourth-order valence-corrected chi connectivity index (χ4v) is 2.68. The molecule has 9 heteroatoms. The molecule has 1 heterocycles. The normalized spacial score (nSPS) is 15.9. The number of guanidine groups is 1. The number of aliphatic imine (C=N–C) groups is 1. The van der Waals surface area contributed by atoms with Crippen molar-refractivity contribution < 1.29 is 14.3 Å². The molecule has 1 atom stereocenters. The molecule has 144 valence electrons. The molecule has 1 aliphatic rings. The fraction of sp³-hybridized carbons (Fsp3) is 0.158. The smallest absolute Gasteiger partial charge is 0.252 e. The molecule has 2 aromatic carbocycles. The maximum Gasteiger partial charge on any atom is 0.252 e. The van der Waals surface area contributed by atoms with Crippen molar-refractivity contribution in [1.29, 1.82) is 0 Å². The fourth-order valence-electron chi connectivity index (χ4n) is 2.50. The number of carbonyl (C=O) groups is 2. The number of halogens is 1. The second kappa shape index (κ2) is 9.01. The van der Waals surface area contributed by atoms with Gasteiger partial charge in [0.2, 0.25) is 11.9 Å². The van der Waals surface area contributed by atoms with Gasteiger partial charge in [-0.2, -0.15) is 5.10 Å². The number of amides is 2. The Hall–Kier alpha value is -3.39. The number of hydrazone groups is 1. The Kier molecular flexibility index (Phi) is 6.23. The van der Waals surface area contributed by atoms with Gasteiger partial charge in [0.1, 0.15) is 11.8 Å². The second-order valence-corrected chi connectivity index (χ2v) is 6.30. The summed E-state index contributed by atoms with van der Waals surface area (Å²) in [5, 5.41) is 9.71. The number of benzene rings is 2. The monoisotopic (exact) mass is 399 g/mol. The Bertz CT molecular complexity index is 930. The van der Waals surface area contributed by atoms with Crippen LogP contribution < -0.4 is 20.8 Å². The minimum atomic E-state index is -0.848. The largest absolute Gasteiger partial charge is 0.495 e. The number of nitrogens with one attached hydrogen (secondary N) is 3. The Labute approximate surface area is 166 Å². The maximum atomic E-state index is 12.3. The highest BCUT2D eigenvalue weighted by Crippen LogP contribution is 2.27. The molecule has 0 bridgehead atoms. The second-order valence-electron chi connectivity index (χ2n) is 5.86. The number of rotatable bonds is 6. The zero-order valence-corrected chi connectivity index (χ0v) is 15.7. The first-order valence-electron chi connectivity index (χ1n) is 8.41. The Morgan fingerprint density at radius 2 is 2.11 bits per heavy atom. The van der Waals surface area contributed by atoms with Crippen LogP contribution in [0.4, 0.5) is 5.69 Å². The summed E-state index contributed by atoms with van der Waals surface area (Å²) in [6.45, 7) is 0. The van der Waals surface area contributed by atoms with E-state index in [1.54, 1.807) is 24.4 Å². The number of hydrogen-bond acceptors (Lipinski definition) is 6. The van der Waals surface area contributed by atoms with Crippen LogP contribution >= 0.6 is 11.6 Å². The van der Waals surface area contributed by atoms with E-state index >= 15 is 0 Å². The lowest BCUT2D eigenvalue weighted by atomic mass is 10.2. The summed E-state index contributed by atoms with van der Waals surface area (Å²) in [5.41, 5.74) is 3.98. The molecule has 28 heavy (non-hydrogen) atoms. The molecule has 1 aliphatic heterocycles. The van der Waals surface area contributed by atoms with E-state index in [0.717, 1.165) is 5.56 Å². The molecule has 0 fully saturated rings. The molecule has 1 unspecified atom stereocenters. The van der Waals surface area contributed by atoms with Crippen LogP contribution in [0.1, 0.15) is 12.0 Å². The van der Waals surface area contributed by atoms with E-state index in [9.17, 15) is 9.59 Å². The highest BCUT2D eigenvalue weighted by molar-refractivity contribution is 6.31. The number of nitrogens with zero attached hydrogens (tertiary/aromatic N) is 2. The molecule has 2 aromatic rings. The van der Waals surface area contributed by atoms with Crippen molar-refractivity contribution in [2.75, 3.05) is 12.4 Å². The minimum Gasteiger partial charge on any atom is -0.495 e. The molecule has 3 N–H and O–H groups in total. The zero-order valence-electron chi connectivity index (χ0n) is 15.0. The van der Waals surface area contributed by atoms with E-state index in [2.05, 4.69) is 26.2 Å². The SMILES string of the molecule is COc1ccc(Cl)cc1NC(=O)CC1N=C(N/N=C\c2ccccc2)NC1=O. The van der Waals surface area contributed by atoms with E-state index in [-0.39, 0.29) is 18.3 Å². The summed E-state index contributed by atoms with van der Waals surface area (Å²) in [6, 6.07) is 13.5. The van der Waals surface area contributed by atoms with E-state index in [1.165, 1.54) is 7.11 Å². The summed E-state index contributed by atoms with van der Waals surface area (Å²) in [6.07, 6.45) is 1.47. The van der Waals surface area contributed by atoms with Gasteiger partial charge in [-0.1, -0.05) is 41.9 Å². The third-order valence-corrected chi connectivity index (χ3v) is 4.06. The van der Waals surface area contributed by atoms with Gasteiger partial charge in [-0.25, -0.2) is 10.4 Å². The Morgan fingerprint density at radius 3 is 2.86 bits per heavy atom.